The zero-order chi connectivity index (χ0) is 15.6. The summed E-state index contributed by atoms with van der Waals surface area (Å²) in [5.41, 5.74) is 0.593. The highest BCUT2D eigenvalue weighted by molar-refractivity contribution is 5.98. The molecule has 3 nitrogen and oxygen atoms in total. The van der Waals surface area contributed by atoms with Crippen LogP contribution < -0.4 is 0 Å². The Balaban J connectivity index is 1.98. The van der Waals surface area contributed by atoms with Crippen molar-refractivity contribution in [1.82, 2.24) is 4.98 Å². The molecule has 0 saturated heterocycles. The quantitative estimate of drug-likeness (QED) is 0.867. The van der Waals surface area contributed by atoms with Crippen LogP contribution in [0.4, 0.5) is 4.39 Å². The molecule has 110 valence electrons. The van der Waals surface area contributed by atoms with Gasteiger partial charge in [-0.15, -0.1) is 0 Å². The molecule has 1 aromatic carbocycles. The molecule has 0 aliphatic heterocycles. The number of pyridine rings is 1. The first-order valence-corrected chi connectivity index (χ1v) is 7.28. The highest BCUT2D eigenvalue weighted by Gasteiger charge is 2.48. The molecule has 0 radical (unpaired) electrons. The van der Waals surface area contributed by atoms with E-state index >= 15 is 0 Å². The largest absolute Gasteiger partial charge is 0.297 e. The maximum atomic E-state index is 13.1. The number of nitrogens with zero attached hydrogens (tertiary/aromatic N) is 2. The predicted octanol–water partition coefficient (Wildman–Crippen LogP) is 3.52. The van der Waals surface area contributed by atoms with E-state index in [2.05, 4.69) is 11.1 Å². The van der Waals surface area contributed by atoms with Crippen LogP contribution in [0.5, 0.6) is 0 Å². The standard InChI is InChI=1S/C18H15FN2O/c19-14-7-5-13(6-8-14)18(9-3-10-18)17(22)15(12-20)16-4-1-2-11-21-16/h1-2,4-8,11,15H,3,9-10H2. The summed E-state index contributed by atoms with van der Waals surface area (Å²) >= 11 is 0. The molecular formula is C18H15FN2O. The molecule has 1 aliphatic carbocycles. The van der Waals surface area contributed by atoms with Crippen LogP contribution in [0.1, 0.15) is 36.4 Å². The minimum Gasteiger partial charge on any atom is -0.297 e. The first-order chi connectivity index (χ1) is 10.7. The highest BCUT2D eigenvalue weighted by atomic mass is 19.1. The van der Waals surface area contributed by atoms with E-state index in [1.807, 2.05) is 0 Å². The van der Waals surface area contributed by atoms with E-state index in [9.17, 15) is 14.4 Å². The van der Waals surface area contributed by atoms with Gasteiger partial charge in [0.2, 0.25) is 0 Å². The van der Waals surface area contributed by atoms with E-state index in [4.69, 9.17) is 0 Å². The van der Waals surface area contributed by atoms with Crippen molar-refractivity contribution in [3.8, 4) is 6.07 Å². The number of carbonyl (C=O) groups excluding carboxylic acids is 1. The van der Waals surface area contributed by atoms with Crippen LogP contribution in [0.3, 0.4) is 0 Å². The molecule has 2 aromatic rings. The molecule has 1 heterocycles. The smallest absolute Gasteiger partial charge is 0.166 e. The fraction of sp³-hybridized carbons (Fsp3) is 0.278. The number of nitriles is 1. The summed E-state index contributed by atoms with van der Waals surface area (Å²) < 4.78 is 13.1. The summed E-state index contributed by atoms with van der Waals surface area (Å²) in [6.07, 6.45) is 3.91. The molecule has 1 fully saturated rings. The number of hydrogen-bond acceptors (Lipinski definition) is 3. The van der Waals surface area contributed by atoms with Crippen molar-refractivity contribution in [1.29, 1.82) is 5.26 Å². The van der Waals surface area contributed by atoms with Gasteiger partial charge >= 0.3 is 0 Å². The fourth-order valence-electron chi connectivity index (χ4n) is 3.06. The predicted molar refractivity (Wildman–Crippen MR) is 79.5 cm³/mol. The summed E-state index contributed by atoms with van der Waals surface area (Å²) in [5, 5.41) is 9.45. The summed E-state index contributed by atoms with van der Waals surface area (Å²) in [4.78, 5) is 17.2. The van der Waals surface area contributed by atoms with Crippen LogP contribution >= 0.6 is 0 Å². The summed E-state index contributed by atoms with van der Waals surface area (Å²) in [6.45, 7) is 0. The second-order valence-electron chi connectivity index (χ2n) is 5.62. The maximum absolute atomic E-state index is 13.1. The average molecular weight is 294 g/mol. The Morgan fingerprint density at radius 1 is 1.23 bits per heavy atom. The van der Waals surface area contributed by atoms with E-state index < -0.39 is 11.3 Å². The van der Waals surface area contributed by atoms with E-state index in [-0.39, 0.29) is 11.6 Å². The number of aromatic nitrogens is 1. The number of halogens is 1. The SMILES string of the molecule is N#CC(C(=O)C1(c2ccc(F)cc2)CCC1)c1ccccn1. The molecule has 1 unspecified atom stereocenters. The number of ketones is 1. The molecule has 3 rings (SSSR count). The van der Waals surface area contributed by atoms with Crippen LogP contribution in [-0.2, 0) is 10.2 Å². The van der Waals surface area contributed by atoms with E-state index in [1.165, 1.54) is 12.1 Å². The van der Waals surface area contributed by atoms with E-state index in [1.54, 1.807) is 36.5 Å². The topological polar surface area (TPSA) is 53.8 Å². The molecule has 4 heteroatoms. The average Bonchev–Trinajstić information content (AvgIpc) is 2.50. The minimum absolute atomic E-state index is 0.133. The van der Waals surface area contributed by atoms with Crippen molar-refractivity contribution in [2.75, 3.05) is 0 Å². The van der Waals surface area contributed by atoms with Gasteiger partial charge in [0.25, 0.3) is 0 Å². The lowest BCUT2D eigenvalue weighted by Gasteiger charge is -2.42. The zero-order valence-electron chi connectivity index (χ0n) is 12.0. The lowest BCUT2D eigenvalue weighted by atomic mass is 9.59. The third kappa shape index (κ3) is 2.29. The third-order valence-corrected chi connectivity index (χ3v) is 4.45. The molecule has 0 spiro atoms. The minimum atomic E-state index is -0.883. The van der Waals surface area contributed by atoms with Crippen LogP contribution in [0.25, 0.3) is 0 Å². The zero-order valence-corrected chi connectivity index (χ0v) is 12.0. The Morgan fingerprint density at radius 2 is 1.95 bits per heavy atom. The van der Waals surface area contributed by atoms with Crippen molar-refractivity contribution in [3.63, 3.8) is 0 Å². The fourth-order valence-corrected chi connectivity index (χ4v) is 3.06. The molecule has 0 amide bonds. The Bertz CT molecular complexity index is 715. The van der Waals surface area contributed by atoms with Crippen molar-refractivity contribution in [3.05, 3.63) is 65.7 Å². The van der Waals surface area contributed by atoms with Crippen molar-refractivity contribution < 1.29 is 9.18 Å². The van der Waals surface area contributed by atoms with Gasteiger partial charge in [0, 0.05) is 6.20 Å². The molecular weight excluding hydrogens is 279 g/mol. The number of benzene rings is 1. The van der Waals surface area contributed by atoms with Crippen molar-refractivity contribution in [2.24, 2.45) is 0 Å². The van der Waals surface area contributed by atoms with E-state index in [0.29, 0.717) is 18.5 Å². The van der Waals surface area contributed by atoms with Crippen LogP contribution in [-0.4, -0.2) is 10.8 Å². The summed E-state index contributed by atoms with van der Waals surface area (Å²) in [6, 6.07) is 13.3. The van der Waals surface area contributed by atoms with Crippen LogP contribution in [0.2, 0.25) is 0 Å². The second kappa shape index (κ2) is 5.69. The summed E-state index contributed by atoms with van der Waals surface area (Å²) in [5.74, 6) is -1.34. The lowest BCUT2D eigenvalue weighted by molar-refractivity contribution is -0.128. The normalized spacial score (nSPS) is 17.1. The van der Waals surface area contributed by atoms with Gasteiger partial charge in [0.05, 0.1) is 17.2 Å². The van der Waals surface area contributed by atoms with Gasteiger partial charge in [0.1, 0.15) is 11.7 Å². The third-order valence-electron chi connectivity index (χ3n) is 4.45. The number of carbonyl (C=O) groups is 1. The molecule has 1 aromatic heterocycles. The molecule has 1 saturated carbocycles. The van der Waals surface area contributed by atoms with Crippen molar-refractivity contribution in [2.45, 2.75) is 30.6 Å². The van der Waals surface area contributed by atoms with Gasteiger partial charge in [-0.1, -0.05) is 24.6 Å². The van der Waals surface area contributed by atoms with Gasteiger partial charge in [-0.05, 0) is 42.7 Å². The monoisotopic (exact) mass is 294 g/mol. The number of hydrogen-bond donors (Lipinski definition) is 0. The van der Waals surface area contributed by atoms with Crippen molar-refractivity contribution >= 4 is 5.78 Å². The molecule has 1 atom stereocenters. The Labute approximate surface area is 128 Å². The van der Waals surface area contributed by atoms with Gasteiger partial charge in [-0.2, -0.15) is 5.26 Å². The summed E-state index contributed by atoms with van der Waals surface area (Å²) in [7, 11) is 0. The van der Waals surface area contributed by atoms with Gasteiger partial charge in [-0.3, -0.25) is 9.78 Å². The van der Waals surface area contributed by atoms with E-state index in [0.717, 1.165) is 12.0 Å². The Kier molecular flexibility index (Phi) is 3.72. The van der Waals surface area contributed by atoms with Crippen LogP contribution in [0, 0.1) is 17.1 Å². The molecule has 1 aliphatic rings. The first kappa shape index (κ1) is 14.4. The lowest BCUT2D eigenvalue weighted by Crippen LogP contribution is -2.45. The first-order valence-electron chi connectivity index (χ1n) is 7.28. The number of rotatable bonds is 4. The Hall–Kier alpha value is -2.54. The number of Topliss-reactive ketones (excluding diaryl/α,β-unsaturated/α-hetero) is 1. The molecule has 0 N–H and O–H groups in total. The Morgan fingerprint density at radius 3 is 2.45 bits per heavy atom. The molecule has 0 bridgehead atoms. The second-order valence-corrected chi connectivity index (χ2v) is 5.62. The van der Waals surface area contributed by atoms with Gasteiger partial charge < -0.3 is 0 Å². The van der Waals surface area contributed by atoms with Gasteiger partial charge in [0.15, 0.2) is 5.78 Å². The highest BCUT2D eigenvalue weighted by Crippen LogP contribution is 2.47. The van der Waals surface area contributed by atoms with Gasteiger partial charge in [-0.25, -0.2) is 4.39 Å². The molecule has 22 heavy (non-hydrogen) atoms. The maximum Gasteiger partial charge on any atom is 0.166 e. The van der Waals surface area contributed by atoms with Crippen LogP contribution in [0.15, 0.2) is 48.7 Å².